The highest BCUT2D eigenvalue weighted by atomic mass is 32.2. The van der Waals surface area contributed by atoms with Crippen molar-refractivity contribution in [3.05, 3.63) is 52.9 Å². The van der Waals surface area contributed by atoms with Gasteiger partial charge in [0.1, 0.15) is 6.04 Å². The minimum atomic E-state index is -3.75. The number of anilines is 1. The van der Waals surface area contributed by atoms with Gasteiger partial charge in [0.2, 0.25) is 15.9 Å². The van der Waals surface area contributed by atoms with Crippen LogP contribution in [-0.4, -0.2) is 37.4 Å². The average molecular weight is 398 g/mol. The molecular weight excluding hydrogens is 378 g/mol. The Hall–Kier alpha value is -1.68. The maximum Gasteiger partial charge on any atom is 0.244 e. The van der Waals surface area contributed by atoms with E-state index in [1.807, 2.05) is 24.5 Å². The van der Waals surface area contributed by atoms with Crippen molar-refractivity contribution in [3.8, 4) is 0 Å². The van der Waals surface area contributed by atoms with Crippen LogP contribution in [0.15, 0.2) is 47.3 Å². The molecule has 1 unspecified atom stereocenters. The van der Waals surface area contributed by atoms with Crippen LogP contribution in [0.3, 0.4) is 0 Å². The largest absolute Gasteiger partial charge is 0.301 e. The third-order valence-corrected chi connectivity index (χ3v) is 5.58. The van der Waals surface area contributed by atoms with Crippen molar-refractivity contribution in [2.75, 3.05) is 17.3 Å². The second kappa shape index (κ2) is 9.71. The first-order valence-electron chi connectivity index (χ1n) is 7.45. The Bertz CT molecular complexity index is 791. The molecule has 6 nitrogen and oxygen atoms in total. The average Bonchev–Trinajstić information content (AvgIpc) is 3.10. The Morgan fingerprint density at radius 2 is 2.12 bits per heavy atom. The number of carbonyl (C=O) groups is 1. The number of nitrogens with zero attached hydrogens (tertiary/aromatic N) is 1. The molecule has 1 aromatic heterocycles. The number of amides is 1. The smallest absolute Gasteiger partial charge is 0.244 e. The maximum absolute atomic E-state index is 12.4. The number of nitrogens with one attached hydrogen (secondary N) is 2. The van der Waals surface area contributed by atoms with Crippen LogP contribution in [0.1, 0.15) is 12.0 Å². The summed E-state index contributed by atoms with van der Waals surface area (Å²) < 4.78 is 27.0. The van der Waals surface area contributed by atoms with Crippen molar-refractivity contribution in [2.45, 2.75) is 12.5 Å². The van der Waals surface area contributed by atoms with Crippen molar-refractivity contribution >= 4 is 50.2 Å². The normalized spacial score (nSPS) is 13.0. The first kappa shape index (κ1) is 19.6. The molecule has 0 aliphatic carbocycles. The van der Waals surface area contributed by atoms with Gasteiger partial charge in [-0.1, -0.05) is 30.3 Å². The molecule has 0 saturated heterocycles. The van der Waals surface area contributed by atoms with E-state index in [-0.39, 0.29) is 0 Å². The summed E-state index contributed by atoms with van der Waals surface area (Å²) in [6.07, 6.45) is 5.35. The molecule has 2 aromatic rings. The molecule has 0 aliphatic heterocycles. The zero-order valence-electron chi connectivity index (χ0n) is 13.6. The van der Waals surface area contributed by atoms with Gasteiger partial charge in [-0.3, -0.25) is 4.79 Å². The molecule has 0 aliphatic rings. The van der Waals surface area contributed by atoms with Crippen LogP contribution >= 0.6 is 23.1 Å². The number of sulfonamides is 1. The van der Waals surface area contributed by atoms with Crippen LogP contribution in [0, 0.1) is 0 Å². The number of thioether (sulfide) groups is 1. The fourth-order valence-corrected chi connectivity index (χ4v) is 3.97. The third kappa shape index (κ3) is 6.99. The highest BCUT2D eigenvalue weighted by Crippen LogP contribution is 2.12. The van der Waals surface area contributed by atoms with E-state index in [2.05, 4.69) is 15.0 Å². The van der Waals surface area contributed by atoms with Crippen LogP contribution in [-0.2, 0) is 14.8 Å². The van der Waals surface area contributed by atoms with Crippen molar-refractivity contribution in [3.63, 3.8) is 0 Å². The summed E-state index contributed by atoms with van der Waals surface area (Å²) in [6, 6.07) is 8.23. The lowest BCUT2D eigenvalue weighted by atomic mass is 10.2. The van der Waals surface area contributed by atoms with Gasteiger partial charge in [0, 0.05) is 17.0 Å². The Balaban J connectivity index is 2.06. The lowest BCUT2D eigenvalue weighted by molar-refractivity contribution is -0.117. The van der Waals surface area contributed by atoms with Gasteiger partial charge in [-0.15, -0.1) is 11.3 Å². The van der Waals surface area contributed by atoms with E-state index < -0.39 is 22.0 Å². The first-order valence-corrected chi connectivity index (χ1v) is 11.3. The van der Waals surface area contributed by atoms with E-state index in [1.54, 1.807) is 35.5 Å². The summed E-state index contributed by atoms with van der Waals surface area (Å²) in [7, 11) is -3.75. The van der Waals surface area contributed by atoms with Crippen LogP contribution in [0.5, 0.6) is 0 Å². The molecule has 1 amide bonds. The van der Waals surface area contributed by atoms with Gasteiger partial charge in [-0.2, -0.15) is 16.5 Å². The standard InChI is InChI=1S/C16H19N3O3S3/c1-23-10-7-14(15(20)18-16-17-9-11-24-16)19-25(21,22)12-8-13-5-3-2-4-6-13/h2-6,8-9,11-12,14,19H,7,10H2,1H3,(H,17,18,20). The maximum atomic E-state index is 12.4. The predicted octanol–water partition coefficient (Wildman–Crippen LogP) is 2.79. The molecule has 0 fully saturated rings. The van der Waals surface area contributed by atoms with Crippen molar-refractivity contribution in [1.29, 1.82) is 0 Å². The summed E-state index contributed by atoms with van der Waals surface area (Å²) >= 11 is 2.82. The van der Waals surface area contributed by atoms with E-state index in [4.69, 9.17) is 0 Å². The molecule has 1 aromatic carbocycles. The Morgan fingerprint density at radius 3 is 2.76 bits per heavy atom. The summed E-state index contributed by atoms with van der Waals surface area (Å²) in [6.45, 7) is 0. The molecule has 0 bridgehead atoms. The van der Waals surface area contributed by atoms with E-state index in [1.165, 1.54) is 17.4 Å². The molecule has 1 heterocycles. The molecule has 1 atom stereocenters. The highest BCUT2D eigenvalue weighted by molar-refractivity contribution is 7.98. The molecule has 9 heteroatoms. The van der Waals surface area contributed by atoms with E-state index in [0.29, 0.717) is 17.3 Å². The summed E-state index contributed by atoms with van der Waals surface area (Å²) in [4.78, 5) is 16.3. The number of aromatic nitrogens is 1. The van der Waals surface area contributed by atoms with Gasteiger partial charge in [0.25, 0.3) is 0 Å². The van der Waals surface area contributed by atoms with Gasteiger partial charge in [-0.25, -0.2) is 13.4 Å². The quantitative estimate of drug-likeness (QED) is 0.679. The highest BCUT2D eigenvalue weighted by Gasteiger charge is 2.23. The molecule has 2 rings (SSSR count). The monoisotopic (exact) mass is 397 g/mol. The first-order chi connectivity index (χ1) is 12.0. The molecule has 0 radical (unpaired) electrons. The van der Waals surface area contributed by atoms with Crippen LogP contribution in [0.25, 0.3) is 6.08 Å². The molecule has 134 valence electrons. The number of carbonyl (C=O) groups excluding carboxylic acids is 1. The second-order valence-corrected chi connectivity index (χ2v) is 8.51. The molecule has 2 N–H and O–H groups in total. The van der Waals surface area contributed by atoms with Crippen molar-refractivity contribution in [2.24, 2.45) is 0 Å². The fraction of sp³-hybridized carbons (Fsp3) is 0.250. The van der Waals surface area contributed by atoms with E-state index >= 15 is 0 Å². The SMILES string of the molecule is CSCCC(NS(=O)(=O)C=Cc1ccccc1)C(=O)Nc1nccs1. The van der Waals surface area contributed by atoms with Crippen molar-refractivity contribution in [1.82, 2.24) is 9.71 Å². The van der Waals surface area contributed by atoms with Gasteiger partial charge >= 0.3 is 0 Å². The Kier molecular flexibility index (Phi) is 7.63. The van der Waals surface area contributed by atoms with Crippen LogP contribution in [0.2, 0.25) is 0 Å². The minimum Gasteiger partial charge on any atom is -0.301 e. The topological polar surface area (TPSA) is 88.2 Å². The van der Waals surface area contributed by atoms with Gasteiger partial charge in [0.15, 0.2) is 5.13 Å². The predicted molar refractivity (Wildman–Crippen MR) is 105 cm³/mol. The van der Waals surface area contributed by atoms with Crippen molar-refractivity contribution < 1.29 is 13.2 Å². The van der Waals surface area contributed by atoms with Crippen LogP contribution < -0.4 is 10.0 Å². The summed E-state index contributed by atoms with van der Waals surface area (Å²) in [5, 5.41) is 5.89. The second-order valence-electron chi connectivity index (χ2n) is 5.04. The van der Waals surface area contributed by atoms with E-state index in [9.17, 15) is 13.2 Å². The molecule has 0 saturated carbocycles. The lowest BCUT2D eigenvalue weighted by Crippen LogP contribution is -2.43. The zero-order valence-corrected chi connectivity index (χ0v) is 16.0. The fourth-order valence-electron chi connectivity index (χ4n) is 1.93. The Labute approximate surface area is 155 Å². The van der Waals surface area contributed by atoms with Gasteiger partial charge in [0.05, 0.1) is 0 Å². The van der Waals surface area contributed by atoms with Gasteiger partial charge in [-0.05, 0) is 30.1 Å². The molecule has 25 heavy (non-hydrogen) atoms. The molecule has 0 spiro atoms. The summed E-state index contributed by atoms with van der Waals surface area (Å²) in [5.74, 6) is 0.238. The molecular formula is C16H19N3O3S3. The number of hydrogen-bond donors (Lipinski definition) is 2. The summed E-state index contributed by atoms with van der Waals surface area (Å²) in [5.41, 5.74) is 0.765. The minimum absolute atomic E-state index is 0.386. The third-order valence-electron chi connectivity index (χ3n) is 3.14. The van der Waals surface area contributed by atoms with Gasteiger partial charge < -0.3 is 5.32 Å². The number of thiazole rings is 1. The lowest BCUT2D eigenvalue weighted by Gasteiger charge is -2.16. The van der Waals surface area contributed by atoms with E-state index in [0.717, 1.165) is 11.0 Å². The number of hydrogen-bond acceptors (Lipinski definition) is 6. The van der Waals surface area contributed by atoms with Crippen LogP contribution in [0.4, 0.5) is 5.13 Å². The number of rotatable bonds is 9. The Morgan fingerprint density at radius 1 is 1.36 bits per heavy atom. The number of benzene rings is 1. The zero-order chi connectivity index (χ0) is 18.1.